The Balaban J connectivity index is 0.764. The van der Waals surface area contributed by atoms with Gasteiger partial charge in [0.25, 0.3) is 23.6 Å². The van der Waals surface area contributed by atoms with Gasteiger partial charge >= 0.3 is 0 Å². The van der Waals surface area contributed by atoms with Crippen LogP contribution in [0.2, 0.25) is 10.0 Å². The van der Waals surface area contributed by atoms with Crippen molar-refractivity contribution in [2.75, 3.05) is 75.6 Å². The van der Waals surface area contributed by atoms with E-state index in [0.29, 0.717) is 43.2 Å². The Morgan fingerprint density at radius 2 is 1.56 bits per heavy atom. The topological polar surface area (TPSA) is 254 Å². The van der Waals surface area contributed by atoms with Gasteiger partial charge in [0.2, 0.25) is 17.7 Å². The van der Waals surface area contributed by atoms with Crippen LogP contribution in [0.3, 0.4) is 0 Å². The van der Waals surface area contributed by atoms with E-state index in [0.717, 1.165) is 11.0 Å². The van der Waals surface area contributed by atoms with Crippen LogP contribution in [-0.4, -0.2) is 144 Å². The zero-order valence-electron chi connectivity index (χ0n) is 39.0. The van der Waals surface area contributed by atoms with Crippen LogP contribution in [-0.2, 0) is 28.6 Å². The Labute approximate surface area is 417 Å². The minimum atomic E-state index is -1.05. The summed E-state index contributed by atoms with van der Waals surface area (Å²) in [6.07, 6.45) is -0.604. The van der Waals surface area contributed by atoms with Crippen LogP contribution in [0.4, 0.5) is 21.6 Å². The van der Waals surface area contributed by atoms with Crippen molar-refractivity contribution in [1.82, 2.24) is 30.2 Å². The van der Waals surface area contributed by atoms with E-state index in [4.69, 9.17) is 47.9 Å². The molecule has 23 heteroatoms. The minimum absolute atomic E-state index is 0.000242. The predicted octanol–water partition coefficient (Wildman–Crippen LogP) is 4.91. The van der Waals surface area contributed by atoms with E-state index in [1.165, 1.54) is 18.2 Å². The number of anilines is 3. The van der Waals surface area contributed by atoms with E-state index in [-0.39, 0.29) is 120 Å². The molecular weight excluding hydrogens is 968 g/mol. The summed E-state index contributed by atoms with van der Waals surface area (Å²) in [5.74, 6) is -4.05. The maximum atomic E-state index is 14.1. The van der Waals surface area contributed by atoms with Crippen molar-refractivity contribution in [3.63, 3.8) is 0 Å². The number of aromatic nitrogens is 2. The molecule has 20 nitrogen and oxygen atoms in total. The van der Waals surface area contributed by atoms with E-state index in [9.17, 15) is 38.0 Å². The molecule has 4 heterocycles. The largest absolute Gasteiger partial charge is 0.482 e. The number of carbonyl (C=O) groups is 7. The number of carbonyl (C=O) groups excluding carboxylic acids is 7. The third kappa shape index (κ3) is 12.2. The molecule has 1 aromatic heterocycles. The van der Waals surface area contributed by atoms with Gasteiger partial charge in [0, 0.05) is 71.7 Å². The Bertz CT molecular complexity index is 2690. The molecule has 4 atom stereocenters. The number of nitrogens with one attached hydrogen (secondary N) is 3. The molecule has 2 saturated heterocycles. The second kappa shape index (κ2) is 23.4. The fourth-order valence-corrected chi connectivity index (χ4v) is 9.24. The fraction of sp³-hybridized carbons (Fsp3) is 0.396. The van der Waals surface area contributed by atoms with Crippen molar-refractivity contribution >= 4 is 81.7 Å². The molecule has 7 amide bonds. The molecule has 2 fully saturated rings. The molecule has 376 valence electrons. The molecule has 0 radical (unpaired) electrons. The van der Waals surface area contributed by atoms with Gasteiger partial charge in [-0.1, -0.05) is 29.3 Å². The molecule has 0 bridgehead atoms. The van der Waals surface area contributed by atoms with E-state index in [1.807, 2.05) is 13.8 Å². The normalized spacial score (nSPS) is 18.3. The quantitative estimate of drug-likeness (QED) is 0.0521. The molecule has 71 heavy (non-hydrogen) atoms. The molecule has 0 spiro atoms. The number of piperazine rings is 1. The number of hydrogen-bond acceptors (Lipinski definition) is 15. The Kier molecular flexibility index (Phi) is 17.2. The van der Waals surface area contributed by atoms with Gasteiger partial charge in [0.15, 0.2) is 17.3 Å². The summed E-state index contributed by atoms with van der Waals surface area (Å²) in [5, 5.41) is 15.7. The van der Waals surface area contributed by atoms with Crippen molar-refractivity contribution in [2.24, 2.45) is 0 Å². The molecule has 4 aromatic rings. The summed E-state index contributed by atoms with van der Waals surface area (Å²) in [5.41, 5.74) is 7.57. The number of imide groups is 2. The van der Waals surface area contributed by atoms with E-state index in [1.54, 1.807) is 53.1 Å². The summed E-state index contributed by atoms with van der Waals surface area (Å²) < 4.78 is 36.9. The average Bonchev–Trinajstić information content (AvgIpc) is 3.59. The van der Waals surface area contributed by atoms with Gasteiger partial charge in [-0.2, -0.15) is 0 Å². The van der Waals surface area contributed by atoms with E-state index < -0.39 is 47.5 Å². The summed E-state index contributed by atoms with van der Waals surface area (Å²) in [4.78, 5) is 94.6. The van der Waals surface area contributed by atoms with Crippen molar-refractivity contribution < 1.29 is 56.9 Å². The highest BCUT2D eigenvalue weighted by Gasteiger charge is 2.45. The summed E-state index contributed by atoms with van der Waals surface area (Å²) in [7, 11) is 0. The number of benzene rings is 3. The number of nitrogens with zero attached hydrogens (tertiary/aromatic N) is 5. The van der Waals surface area contributed by atoms with Crippen LogP contribution in [0.1, 0.15) is 93.3 Å². The maximum Gasteiger partial charge on any atom is 0.276 e. The van der Waals surface area contributed by atoms with Gasteiger partial charge in [-0.25, -0.2) is 4.39 Å². The van der Waals surface area contributed by atoms with Crippen LogP contribution in [0.5, 0.6) is 5.75 Å². The first-order valence-corrected chi connectivity index (χ1v) is 23.6. The van der Waals surface area contributed by atoms with Gasteiger partial charge in [0.1, 0.15) is 18.0 Å². The summed E-state index contributed by atoms with van der Waals surface area (Å²) >= 11 is 12.4. The number of nitrogen functional groups attached to an aromatic ring is 1. The number of fused-ring (bicyclic) bond motifs is 1. The van der Waals surface area contributed by atoms with E-state index in [2.05, 4.69) is 26.1 Å². The number of halogens is 3. The first kappa shape index (κ1) is 52.1. The van der Waals surface area contributed by atoms with Crippen LogP contribution < -0.4 is 26.4 Å². The Hall–Kier alpha value is -6.78. The van der Waals surface area contributed by atoms with Gasteiger partial charge in [0.05, 0.1) is 62.2 Å². The molecule has 1 unspecified atom stereocenters. The van der Waals surface area contributed by atoms with Crippen molar-refractivity contribution in [3.05, 3.63) is 104 Å². The summed E-state index contributed by atoms with van der Waals surface area (Å²) in [6.45, 7) is 7.91. The predicted molar refractivity (Wildman–Crippen MR) is 257 cm³/mol. The smallest absolute Gasteiger partial charge is 0.276 e. The lowest BCUT2D eigenvalue weighted by atomic mass is 10.0. The number of hydrogen-bond donors (Lipinski definition) is 4. The standard InChI is InChI=1S/C48H52Cl2FN9O11/c1-26-24-58(46(65)29-7-9-30(10-8-29)54-44(63)35-23-37(43(52)57-56-35)71-28(3)40-32(49)11-12-33(51)42(40)50)25-27(2)59(26)39(62)15-17-68-19-21-70-22-20-69-18-16-53-34-6-4-5-31-41(34)48(67)60(47(31)66)36-13-14-38(61)55-45(36)64/h4-12,23,26-28,36,53H,13-22,24-25H2,1-3H3,(H2,52,57)(H,54,63)(H,55,61,64)/t26-,27-,28+,36?/m0/s1. The number of ether oxygens (including phenoxy) is 4. The van der Waals surface area contributed by atoms with Crippen LogP contribution >= 0.6 is 23.2 Å². The number of nitrogens with two attached hydrogens (primary N) is 1. The second-order valence-corrected chi connectivity index (χ2v) is 17.7. The van der Waals surface area contributed by atoms with Crippen molar-refractivity contribution in [1.29, 1.82) is 0 Å². The van der Waals surface area contributed by atoms with Gasteiger partial charge < -0.3 is 45.1 Å². The first-order valence-electron chi connectivity index (χ1n) is 22.8. The molecule has 0 saturated carbocycles. The Morgan fingerprint density at radius 3 is 2.25 bits per heavy atom. The Morgan fingerprint density at radius 1 is 0.887 bits per heavy atom. The average molecular weight is 1020 g/mol. The van der Waals surface area contributed by atoms with Crippen molar-refractivity contribution in [3.8, 4) is 5.75 Å². The van der Waals surface area contributed by atoms with Crippen LogP contribution in [0.15, 0.2) is 60.7 Å². The minimum Gasteiger partial charge on any atom is -0.482 e. The molecule has 0 aliphatic carbocycles. The third-order valence-corrected chi connectivity index (χ3v) is 12.6. The fourth-order valence-electron chi connectivity index (χ4n) is 8.56. The van der Waals surface area contributed by atoms with Gasteiger partial charge in [-0.3, -0.25) is 43.8 Å². The molecule has 5 N–H and O–H groups in total. The van der Waals surface area contributed by atoms with Gasteiger partial charge in [-0.05, 0) is 75.7 Å². The number of piperidine rings is 1. The lowest BCUT2D eigenvalue weighted by Gasteiger charge is -2.44. The summed E-state index contributed by atoms with van der Waals surface area (Å²) in [6, 6.07) is 13.4. The zero-order chi connectivity index (χ0) is 50.9. The highest BCUT2D eigenvalue weighted by molar-refractivity contribution is 6.36. The highest BCUT2D eigenvalue weighted by atomic mass is 35.5. The molecule has 3 aromatic carbocycles. The SMILES string of the molecule is C[C@@H](Oc1cc(C(=O)Nc2ccc(C(=O)N3C[C@H](C)N(C(=O)CCOCCOCCOCCNc4cccc5c4C(=O)N(C4CCC(=O)NC4=O)C5=O)[C@@H](C)C3)cc2)nnc1N)c1c(Cl)ccc(F)c1Cl. The molecule has 3 aliphatic rings. The third-order valence-electron chi connectivity index (χ3n) is 11.9. The molecule has 7 rings (SSSR count). The number of rotatable bonds is 20. The van der Waals surface area contributed by atoms with E-state index >= 15 is 0 Å². The van der Waals surface area contributed by atoms with Crippen LogP contribution in [0.25, 0.3) is 0 Å². The lowest BCUT2D eigenvalue weighted by Crippen LogP contribution is -2.59. The number of amides is 7. The van der Waals surface area contributed by atoms with Gasteiger partial charge in [-0.15, -0.1) is 10.2 Å². The highest BCUT2D eigenvalue weighted by Crippen LogP contribution is 2.36. The second-order valence-electron chi connectivity index (χ2n) is 16.9. The zero-order valence-corrected chi connectivity index (χ0v) is 40.5. The lowest BCUT2D eigenvalue weighted by molar-refractivity contribution is -0.140. The van der Waals surface area contributed by atoms with Crippen molar-refractivity contribution in [2.45, 2.75) is 64.3 Å². The van der Waals surface area contributed by atoms with Crippen LogP contribution in [0, 0.1) is 5.82 Å². The monoisotopic (exact) mass is 1020 g/mol. The molecule has 3 aliphatic heterocycles. The molecular formula is C48H52Cl2FN9O11. The first-order chi connectivity index (χ1) is 34.0. The maximum absolute atomic E-state index is 14.1.